The van der Waals surface area contributed by atoms with Gasteiger partial charge in [0.2, 0.25) is 0 Å². The van der Waals surface area contributed by atoms with Crippen LogP contribution in [0.2, 0.25) is 0 Å². The van der Waals surface area contributed by atoms with Crippen molar-refractivity contribution in [2.75, 3.05) is 6.54 Å². The van der Waals surface area contributed by atoms with Crippen molar-refractivity contribution in [1.29, 1.82) is 0 Å². The maximum absolute atomic E-state index is 3.70. The second-order valence-corrected chi connectivity index (χ2v) is 6.12. The molecule has 1 aliphatic carbocycles. The van der Waals surface area contributed by atoms with Crippen LogP contribution in [0.3, 0.4) is 0 Å². The van der Waals surface area contributed by atoms with E-state index in [2.05, 4.69) is 43.8 Å². The molecule has 1 N–H and O–H groups in total. The molecule has 0 unspecified atom stereocenters. The lowest BCUT2D eigenvalue weighted by Gasteiger charge is -2.27. The lowest BCUT2D eigenvalue weighted by molar-refractivity contribution is 0.268. The minimum absolute atomic E-state index is 0.595. The predicted octanol–water partition coefficient (Wildman–Crippen LogP) is 3.70. The zero-order chi connectivity index (χ0) is 13.2. The zero-order valence-electron chi connectivity index (χ0n) is 12.5. The summed E-state index contributed by atoms with van der Waals surface area (Å²) in [5.41, 5.74) is 4.81. The molecule has 2 heteroatoms. The fraction of sp³-hybridized carbons (Fsp3) is 0.750. The Morgan fingerprint density at radius 3 is 2.44 bits per heavy atom. The smallest absolute Gasteiger partial charge is 0.0223 e. The van der Waals surface area contributed by atoms with E-state index >= 15 is 0 Å². The van der Waals surface area contributed by atoms with Gasteiger partial charge in [0.1, 0.15) is 0 Å². The Morgan fingerprint density at radius 2 is 1.94 bits per heavy atom. The van der Waals surface area contributed by atoms with E-state index in [1.807, 2.05) is 0 Å². The summed E-state index contributed by atoms with van der Waals surface area (Å²) in [5.74, 6) is 0. The van der Waals surface area contributed by atoms with Crippen molar-refractivity contribution in [3.8, 4) is 0 Å². The zero-order valence-corrected chi connectivity index (χ0v) is 12.5. The number of hydrogen-bond donors (Lipinski definition) is 1. The van der Waals surface area contributed by atoms with Crippen LogP contribution < -0.4 is 5.32 Å². The van der Waals surface area contributed by atoms with Crippen LogP contribution in [0.5, 0.6) is 0 Å². The lowest BCUT2D eigenvalue weighted by Crippen LogP contribution is -2.31. The van der Waals surface area contributed by atoms with Crippen LogP contribution in [-0.2, 0) is 13.6 Å². The molecular formula is C16H28N2. The Labute approximate surface area is 112 Å². The van der Waals surface area contributed by atoms with E-state index in [1.165, 1.54) is 55.6 Å². The SMILES string of the molecule is CCC1(CNCc2cc(C)n(C)c2C)CCCC1. The maximum atomic E-state index is 3.70. The summed E-state index contributed by atoms with van der Waals surface area (Å²) in [4.78, 5) is 0. The first-order valence-electron chi connectivity index (χ1n) is 7.40. The van der Waals surface area contributed by atoms with Crippen molar-refractivity contribution in [1.82, 2.24) is 9.88 Å². The fourth-order valence-electron chi connectivity index (χ4n) is 3.35. The van der Waals surface area contributed by atoms with Crippen LogP contribution in [0.15, 0.2) is 6.07 Å². The van der Waals surface area contributed by atoms with Crippen molar-refractivity contribution in [2.24, 2.45) is 12.5 Å². The van der Waals surface area contributed by atoms with Crippen molar-refractivity contribution in [2.45, 2.75) is 59.4 Å². The second-order valence-electron chi connectivity index (χ2n) is 6.12. The molecular weight excluding hydrogens is 220 g/mol. The lowest BCUT2D eigenvalue weighted by atomic mass is 9.83. The summed E-state index contributed by atoms with van der Waals surface area (Å²) in [6.45, 7) is 8.97. The minimum Gasteiger partial charge on any atom is -0.352 e. The summed E-state index contributed by atoms with van der Waals surface area (Å²) < 4.78 is 2.28. The number of nitrogens with one attached hydrogen (secondary N) is 1. The van der Waals surface area contributed by atoms with E-state index in [4.69, 9.17) is 0 Å². The Bertz CT molecular complexity index is 397. The number of rotatable bonds is 5. The third-order valence-corrected chi connectivity index (χ3v) is 5.11. The highest BCUT2D eigenvalue weighted by atomic mass is 15.0. The molecule has 0 saturated heterocycles. The van der Waals surface area contributed by atoms with Crippen LogP contribution in [0.25, 0.3) is 0 Å². The Morgan fingerprint density at radius 1 is 1.28 bits per heavy atom. The first-order chi connectivity index (χ1) is 8.58. The van der Waals surface area contributed by atoms with Crippen molar-refractivity contribution >= 4 is 0 Å². The topological polar surface area (TPSA) is 17.0 Å². The summed E-state index contributed by atoms with van der Waals surface area (Å²) in [6, 6.07) is 2.32. The van der Waals surface area contributed by atoms with Crippen LogP contribution >= 0.6 is 0 Å². The molecule has 2 rings (SSSR count). The van der Waals surface area contributed by atoms with Crippen LogP contribution in [0.4, 0.5) is 0 Å². The van der Waals surface area contributed by atoms with E-state index in [0.29, 0.717) is 5.41 Å². The molecule has 1 fully saturated rings. The van der Waals surface area contributed by atoms with Gasteiger partial charge in [-0.2, -0.15) is 0 Å². The average Bonchev–Trinajstić information content (AvgIpc) is 2.93. The first-order valence-corrected chi connectivity index (χ1v) is 7.40. The van der Waals surface area contributed by atoms with Gasteiger partial charge in [-0.15, -0.1) is 0 Å². The van der Waals surface area contributed by atoms with Gasteiger partial charge in [-0.3, -0.25) is 0 Å². The largest absolute Gasteiger partial charge is 0.352 e. The molecule has 18 heavy (non-hydrogen) atoms. The molecule has 0 bridgehead atoms. The van der Waals surface area contributed by atoms with Gasteiger partial charge < -0.3 is 9.88 Å². The number of nitrogens with zero attached hydrogens (tertiary/aromatic N) is 1. The molecule has 0 atom stereocenters. The van der Waals surface area contributed by atoms with Gasteiger partial charge >= 0.3 is 0 Å². The van der Waals surface area contributed by atoms with E-state index < -0.39 is 0 Å². The van der Waals surface area contributed by atoms with Gasteiger partial charge in [0.15, 0.2) is 0 Å². The molecule has 102 valence electrons. The van der Waals surface area contributed by atoms with Gasteiger partial charge in [0.25, 0.3) is 0 Å². The fourth-order valence-corrected chi connectivity index (χ4v) is 3.35. The van der Waals surface area contributed by atoms with Crippen molar-refractivity contribution < 1.29 is 0 Å². The summed E-state index contributed by atoms with van der Waals surface area (Å²) in [7, 11) is 2.15. The normalized spacial score (nSPS) is 18.4. The van der Waals surface area contributed by atoms with E-state index in [-0.39, 0.29) is 0 Å². The van der Waals surface area contributed by atoms with Gasteiger partial charge in [-0.05, 0) is 50.2 Å². The average molecular weight is 248 g/mol. The quantitative estimate of drug-likeness (QED) is 0.840. The molecule has 1 aliphatic rings. The molecule has 0 aromatic carbocycles. The molecule has 0 aliphatic heterocycles. The van der Waals surface area contributed by atoms with Gasteiger partial charge in [0.05, 0.1) is 0 Å². The molecule has 0 radical (unpaired) electrons. The highest BCUT2D eigenvalue weighted by Crippen LogP contribution is 2.40. The Balaban J connectivity index is 1.90. The first kappa shape index (κ1) is 13.7. The standard InChI is InChI=1S/C16H28N2/c1-5-16(8-6-7-9-16)12-17-11-15-10-13(2)18(4)14(15)3/h10,17H,5-9,11-12H2,1-4H3. The predicted molar refractivity (Wildman–Crippen MR) is 77.8 cm³/mol. The third-order valence-electron chi connectivity index (χ3n) is 5.11. The summed E-state index contributed by atoms with van der Waals surface area (Å²) >= 11 is 0. The van der Waals surface area contributed by atoms with Crippen molar-refractivity contribution in [3.63, 3.8) is 0 Å². The highest BCUT2D eigenvalue weighted by Gasteiger charge is 2.31. The van der Waals surface area contributed by atoms with Crippen LogP contribution in [0, 0.1) is 19.3 Å². The second kappa shape index (κ2) is 5.48. The minimum atomic E-state index is 0.595. The third kappa shape index (κ3) is 2.64. The molecule has 2 nitrogen and oxygen atoms in total. The molecule has 1 aromatic heterocycles. The summed E-state index contributed by atoms with van der Waals surface area (Å²) in [6.07, 6.45) is 7.03. The van der Waals surface area contributed by atoms with Crippen LogP contribution in [0.1, 0.15) is 56.0 Å². The van der Waals surface area contributed by atoms with Gasteiger partial charge in [-0.1, -0.05) is 19.8 Å². The summed E-state index contributed by atoms with van der Waals surface area (Å²) in [5, 5.41) is 3.70. The molecule has 1 heterocycles. The van der Waals surface area contributed by atoms with E-state index in [1.54, 1.807) is 0 Å². The molecule has 1 saturated carbocycles. The van der Waals surface area contributed by atoms with Gasteiger partial charge in [0, 0.05) is 31.5 Å². The molecule has 1 aromatic rings. The number of hydrogen-bond acceptors (Lipinski definition) is 1. The molecule has 0 amide bonds. The highest BCUT2D eigenvalue weighted by molar-refractivity contribution is 5.26. The Kier molecular flexibility index (Phi) is 4.16. The number of aromatic nitrogens is 1. The number of aryl methyl sites for hydroxylation is 1. The maximum Gasteiger partial charge on any atom is 0.0223 e. The van der Waals surface area contributed by atoms with E-state index in [0.717, 1.165) is 6.54 Å². The van der Waals surface area contributed by atoms with Crippen LogP contribution in [-0.4, -0.2) is 11.1 Å². The monoisotopic (exact) mass is 248 g/mol. The Hall–Kier alpha value is -0.760. The van der Waals surface area contributed by atoms with E-state index in [9.17, 15) is 0 Å². The molecule has 0 spiro atoms. The van der Waals surface area contributed by atoms with Gasteiger partial charge in [-0.25, -0.2) is 0 Å². The van der Waals surface area contributed by atoms with Crippen molar-refractivity contribution in [3.05, 3.63) is 23.0 Å².